The molecule has 1 atom stereocenters. The van der Waals surface area contributed by atoms with Gasteiger partial charge in [-0.25, -0.2) is 0 Å². The lowest BCUT2D eigenvalue weighted by molar-refractivity contribution is 0.504. The van der Waals surface area contributed by atoms with Gasteiger partial charge in [0.25, 0.3) is 0 Å². The van der Waals surface area contributed by atoms with Crippen LogP contribution in [0.1, 0.15) is 44.1 Å². The molecule has 0 amide bonds. The summed E-state index contributed by atoms with van der Waals surface area (Å²) in [5, 5.41) is 7.91. The van der Waals surface area contributed by atoms with Gasteiger partial charge < -0.3 is 5.32 Å². The van der Waals surface area contributed by atoms with Crippen LogP contribution < -0.4 is 5.32 Å². The zero-order valence-corrected chi connectivity index (χ0v) is 10.5. The normalized spacial score (nSPS) is 12.4. The van der Waals surface area contributed by atoms with Crippen LogP contribution in [-0.4, -0.2) is 16.3 Å². The van der Waals surface area contributed by atoms with Crippen molar-refractivity contribution in [3.63, 3.8) is 0 Å². The molecule has 0 fully saturated rings. The fourth-order valence-corrected chi connectivity index (χ4v) is 1.76. The second-order valence-corrected chi connectivity index (χ2v) is 3.95. The molecule has 0 saturated carbocycles. The summed E-state index contributed by atoms with van der Waals surface area (Å²) in [7, 11) is 1.98. The highest BCUT2D eigenvalue weighted by Crippen LogP contribution is 2.17. The third-order valence-corrected chi connectivity index (χ3v) is 2.65. The SMILES string of the molecule is C#CCC(NCCC)c1cc(CC)nn1C. The summed E-state index contributed by atoms with van der Waals surface area (Å²) >= 11 is 0. The Labute approximate surface area is 98.2 Å². The average Bonchev–Trinajstić information content (AvgIpc) is 2.66. The van der Waals surface area contributed by atoms with Crippen LogP contribution in [0.4, 0.5) is 0 Å². The van der Waals surface area contributed by atoms with Crippen molar-refractivity contribution >= 4 is 0 Å². The van der Waals surface area contributed by atoms with Gasteiger partial charge in [-0.2, -0.15) is 5.10 Å². The molecule has 0 radical (unpaired) electrons. The van der Waals surface area contributed by atoms with Gasteiger partial charge in [-0.3, -0.25) is 4.68 Å². The Kier molecular flexibility index (Phi) is 5.07. The van der Waals surface area contributed by atoms with E-state index in [0.29, 0.717) is 6.42 Å². The van der Waals surface area contributed by atoms with Crippen molar-refractivity contribution in [2.45, 2.75) is 39.2 Å². The first kappa shape index (κ1) is 12.8. The van der Waals surface area contributed by atoms with Crippen molar-refractivity contribution < 1.29 is 0 Å². The first-order chi connectivity index (χ1) is 7.72. The maximum absolute atomic E-state index is 5.41. The molecule has 0 aliphatic rings. The number of terminal acetylenes is 1. The summed E-state index contributed by atoms with van der Waals surface area (Å²) in [5.41, 5.74) is 2.31. The topological polar surface area (TPSA) is 29.9 Å². The van der Waals surface area contributed by atoms with Gasteiger partial charge in [-0.05, 0) is 25.5 Å². The van der Waals surface area contributed by atoms with Crippen molar-refractivity contribution in [3.05, 3.63) is 17.5 Å². The monoisotopic (exact) mass is 219 g/mol. The Morgan fingerprint density at radius 3 is 2.81 bits per heavy atom. The van der Waals surface area contributed by atoms with E-state index in [1.54, 1.807) is 0 Å². The quantitative estimate of drug-likeness (QED) is 0.742. The van der Waals surface area contributed by atoms with Crippen LogP contribution in [0.15, 0.2) is 6.07 Å². The molecule has 0 aliphatic heterocycles. The van der Waals surface area contributed by atoms with Crippen LogP contribution in [0, 0.1) is 12.3 Å². The first-order valence-corrected chi connectivity index (χ1v) is 5.92. The molecule has 0 bridgehead atoms. The summed E-state index contributed by atoms with van der Waals surface area (Å²) in [5.74, 6) is 2.73. The number of aromatic nitrogens is 2. The number of aryl methyl sites for hydroxylation is 2. The van der Waals surface area contributed by atoms with Crippen LogP contribution in [0.2, 0.25) is 0 Å². The Morgan fingerprint density at radius 2 is 2.31 bits per heavy atom. The van der Waals surface area contributed by atoms with Crippen molar-refractivity contribution in [2.24, 2.45) is 7.05 Å². The zero-order chi connectivity index (χ0) is 12.0. The van der Waals surface area contributed by atoms with Gasteiger partial charge in [0, 0.05) is 13.5 Å². The predicted octanol–water partition coefficient (Wildman–Crippen LogP) is 2.05. The largest absolute Gasteiger partial charge is 0.308 e. The van der Waals surface area contributed by atoms with Crippen LogP contribution in [0.25, 0.3) is 0 Å². The minimum atomic E-state index is 0.225. The smallest absolute Gasteiger partial charge is 0.0625 e. The molecular weight excluding hydrogens is 198 g/mol. The van der Waals surface area contributed by atoms with E-state index in [0.717, 1.165) is 25.1 Å². The molecule has 1 heterocycles. The molecule has 1 N–H and O–H groups in total. The van der Waals surface area contributed by atoms with E-state index in [9.17, 15) is 0 Å². The molecule has 1 aromatic rings. The highest BCUT2D eigenvalue weighted by Gasteiger charge is 2.14. The van der Waals surface area contributed by atoms with Crippen molar-refractivity contribution in [2.75, 3.05) is 6.54 Å². The van der Waals surface area contributed by atoms with E-state index >= 15 is 0 Å². The maximum atomic E-state index is 5.41. The third-order valence-electron chi connectivity index (χ3n) is 2.65. The van der Waals surface area contributed by atoms with Crippen molar-refractivity contribution in [1.82, 2.24) is 15.1 Å². The number of hydrogen-bond acceptors (Lipinski definition) is 2. The summed E-state index contributed by atoms with van der Waals surface area (Å²) in [6.45, 7) is 5.25. The molecule has 3 heteroatoms. The Balaban J connectivity index is 2.82. The molecule has 88 valence electrons. The van der Waals surface area contributed by atoms with Crippen molar-refractivity contribution in [1.29, 1.82) is 0 Å². The molecule has 0 saturated heterocycles. The average molecular weight is 219 g/mol. The summed E-state index contributed by atoms with van der Waals surface area (Å²) < 4.78 is 1.93. The standard InChI is InChI=1S/C13H21N3/c1-5-8-12(14-9-6-2)13-10-11(7-3)15-16(13)4/h1,10,12,14H,6-9H2,2-4H3. The fraction of sp³-hybridized carbons (Fsp3) is 0.615. The van der Waals surface area contributed by atoms with Gasteiger partial charge in [-0.1, -0.05) is 13.8 Å². The van der Waals surface area contributed by atoms with Gasteiger partial charge in [0.2, 0.25) is 0 Å². The van der Waals surface area contributed by atoms with Crippen LogP contribution in [0.3, 0.4) is 0 Å². The highest BCUT2D eigenvalue weighted by molar-refractivity contribution is 5.16. The van der Waals surface area contributed by atoms with E-state index in [4.69, 9.17) is 6.42 Å². The fourth-order valence-electron chi connectivity index (χ4n) is 1.76. The number of nitrogens with zero attached hydrogens (tertiary/aromatic N) is 2. The van der Waals surface area contributed by atoms with E-state index in [2.05, 4.69) is 36.2 Å². The van der Waals surface area contributed by atoms with Crippen LogP contribution >= 0.6 is 0 Å². The minimum Gasteiger partial charge on any atom is -0.308 e. The lowest BCUT2D eigenvalue weighted by atomic mass is 10.1. The summed E-state index contributed by atoms with van der Waals surface area (Å²) in [4.78, 5) is 0. The highest BCUT2D eigenvalue weighted by atomic mass is 15.3. The second-order valence-electron chi connectivity index (χ2n) is 3.95. The van der Waals surface area contributed by atoms with Gasteiger partial charge in [0.05, 0.1) is 17.4 Å². The lowest BCUT2D eigenvalue weighted by Gasteiger charge is -2.15. The Bertz CT molecular complexity index is 360. The van der Waals surface area contributed by atoms with Gasteiger partial charge in [0.1, 0.15) is 0 Å². The molecule has 1 aromatic heterocycles. The Hall–Kier alpha value is -1.27. The zero-order valence-electron chi connectivity index (χ0n) is 10.5. The molecule has 0 aliphatic carbocycles. The predicted molar refractivity (Wildman–Crippen MR) is 67.1 cm³/mol. The number of rotatable bonds is 6. The number of hydrogen-bond donors (Lipinski definition) is 1. The Morgan fingerprint density at radius 1 is 1.56 bits per heavy atom. The summed E-state index contributed by atoms with van der Waals surface area (Å²) in [6.07, 6.45) is 8.19. The first-order valence-electron chi connectivity index (χ1n) is 5.92. The number of nitrogens with one attached hydrogen (secondary N) is 1. The molecule has 1 rings (SSSR count). The summed E-state index contributed by atoms with van der Waals surface area (Å²) in [6, 6.07) is 2.37. The molecule has 1 unspecified atom stereocenters. The van der Waals surface area contributed by atoms with Gasteiger partial charge in [-0.15, -0.1) is 12.3 Å². The van der Waals surface area contributed by atoms with Crippen molar-refractivity contribution in [3.8, 4) is 12.3 Å². The minimum absolute atomic E-state index is 0.225. The van der Waals surface area contributed by atoms with Gasteiger partial charge >= 0.3 is 0 Å². The van der Waals surface area contributed by atoms with Gasteiger partial charge in [0.15, 0.2) is 0 Å². The third kappa shape index (κ3) is 3.11. The molecule has 16 heavy (non-hydrogen) atoms. The maximum Gasteiger partial charge on any atom is 0.0625 e. The molecule has 3 nitrogen and oxygen atoms in total. The van der Waals surface area contributed by atoms with E-state index < -0.39 is 0 Å². The second kappa shape index (κ2) is 6.34. The molecular formula is C13H21N3. The van der Waals surface area contributed by atoms with Crippen LogP contribution in [0.5, 0.6) is 0 Å². The molecule has 0 aromatic carbocycles. The lowest BCUT2D eigenvalue weighted by Crippen LogP contribution is -2.23. The molecule has 0 spiro atoms. The van der Waals surface area contributed by atoms with Crippen LogP contribution in [-0.2, 0) is 13.5 Å². The van der Waals surface area contributed by atoms with E-state index in [1.165, 1.54) is 5.69 Å². The van der Waals surface area contributed by atoms with E-state index in [1.807, 2.05) is 11.7 Å². The van der Waals surface area contributed by atoms with E-state index in [-0.39, 0.29) is 6.04 Å².